The lowest BCUT2D eigenvalue weighted by atomic mass is 10.1. The Kier molecular flexibility index (Phi) is 6.24. The van der Waals surface area contributed by atoms with E-state index in [4.69, 9.17) is 9.47 Å². The number of hydrogen-bond donors (Lipinski definition) is 1. The number of rotatable bonds is 6. The standard InChI is InChI=1S/C20H21NO5S/c1-13(27-12-14-3-5-15(6-4-14)20(23)24-2)19(22)21-16-7-8-17-18(11-16)26-10-9-25-17/h3-8,11,13H,9-10,12H2,1-2H3,(H,21,22)/t13-/m0/s1. The lowest BCUT2D eigenvalue weighted by Gasteiger charge is -2.19. The molecule has 27 heavy (non-hydrogen) atoms. The zero-order chi connectivity index (χ0) is 19.2. The van der Waals surface area contributed by atoms with Gasteiger partial charge in [0, 0.05) is 17.5 Å². The third kappa shape index (κ3) is 4.95. The molecular formula is C20H21NO5S. The third-order valence-electron chi connectivity index (χ3n) is 4.05. The van der Waals surface area contributed by atoms with Crippen LogP contribution < -0.4 is 14.8 Å². The molecule has 7 heteroatoms. The number of benzene rings is 2. The summed E-state index contributed by atoms with van der Waals surface area (Å²) in [7, 11) is 1.36. The minimum absolute atomic E-state index is 0.0807. The van der Waals surface area contributed by atoms with Gasteiger partial charge in [-0.1, -0.05) is 12.1 Å². The molecule has 0 unspecified atom stereocenters. The van der Waals surface area contributed by atoms with Crippen molar-refractivity contribution in [1.29, 1.82) is 0 Å². The van der Waals surface area contributed by atoms with Gasteiger partial charge in [-0.3, -0.25) is 4.79 Å². The number of methoxy groups -OCH3 is 1. The van der Waals surface area contributed by atoms with Crippen LogP contribution >= 0.6 is 11.8 Å². The summed E-state index contributed by atoms with van der Waals surface area (Å²) < 4.78 is 15.7. The van der Waals surface area contributed by atoms with Crippen molar-refractivity contribution in [2.24, 2.45) is 0 Å². The monoisotopic (exact) mass is 387 g/mol. The number of anilines is 1. The van der Waals surface area contributed by atoms with Crippen LogP contribution in [0.4, 0.5) is 5.69 Å². The summed E-state index contributed by atoms with van der Waals surface area (Å²) >= 11 is 1.52. The number of esters is 1. The second kappa shape index (κ2) is 8.81. The molecule has 1 N–H and O–H groups in total. The van der Waals surface area contributed by atoms with Crippen molar-refractivity contribution in [3.8, 4) is 11.5 Å². The summed E-state index contributed by atoms with van der Waals surface area (Å²) in [6, 6.07) is 12.5. The Labute approximate surface area is 162 Å². The van der Waals surface area contributed by atoms with Crippen molar-refractivity contribution >= 4 is 29.3 Å². The van der Waals surface area contributed by atoms with Crippen molar-refractivity contribution < 1.29 is 23.8 Å². The fraction of sp³-hybridized carbons (Fsp3) is 0.300. The van der Waals surface area contributed by atoms with E-state index in [0.29, 0.717) is 41.7 Å². The van der Waals surface area contributed by atoms with Crippen LogP contribution in [0.15, 0.2) is 42.5 Å². The van der Waals surface area contributed by atoms with Crippen LogP contribution in [0.25, 0.3) is 0 Å². The van der Waals surface area contributed by atoms with Gasteiger partial charge in [-0.25, -0.2) is 4.79 Å². The number of carbonyl (C=O) groups is 2. The molecule has 1 atom stereocenters. The zero-order valence-corrected chi connectivity index (χ0v) is 16.0. The Bertz CT molecular complexity index is 822. The largest absolute Gasteiger partial charge is 0.486 e. The van der Waals surface area contributed by atoms with Crippen LogP contribution in [-0.4, -0.2) is 37.4 Å². The van der Waals surface area contributed by atoms with Gasteiger partial charge in [-0.2, -0.15) is 0 Å². The van der Waals surface area contributed by atoms with E-state index in [-0.39, 0.29) is 17.1 Å². The van der Waals surface area contributed by atoms with Gasteiger partial charge in [0.15, 0.2) is 11.5 Å². The maximum atomic E-state index is 12.4. The fourth-order valence-electron chi connectivity index (χ4n) is 2.52. The van der Waals surface area contributed by atoms with Crippen molar-refractivity contribution in [3.63, 3.8) is 0 Å². The Balaban J connectivity index is 1.52. The summed E-state index contributed by atoms with van der Waals surface area (Å²) in [5.41, 5.74) is 2.22. The molecule has 1 aliphatic rings. The van der Waals surface area contributed by atoms with Crippen LogP contribution in [0, 0.1) is 0 Å². The first-order chi connectivity index (χ1) is 13.1. The molecule has 1 amide bonds. The first-order valence-electron chi connectivity index (χ1n) is 8.56. The highest BCUT2D eigenvalue weighted by atomic mass is 32.2. The summed E-state index contributed by atoms with van der Waals surface area (Å²) in [5, 5.41) is 2.67. The number of fused-ring (bicyclic) bond motifs is 1. The van der Waals surface area contributed by atoms with E-state index >= 15 is 0 Å². The molecule has 0 fully saturated rings. The number of hydrogen-bond acceptors (Lipinski definition) is 6. The topological polar surface area (TPSA) is 73.9 Å². The van der Waals surface area contributed by atoms with Gasteiger partial charge in [0.25, 0.3) is 0 Å². The predicted molar refractivity (Wildman–Crippen MR) is 105 cm³/mol. The third-order valence-corrected chi connectivity index (χ3v) is 5.27. The Morgan fingerprint density at radius 3 is 2.52 bits per heavy atom. The average molecular weight is 387 g/mol. The van der Waals surface area contributed by atoms with E-state index in [2.05, 4.69) is 10.1 Å². The van der Waals surface area contributed by atoms with Crippen LogP contribution in [-0.2, 0) is 15.3 Å². The summed E-state index contributed by atoms with van der Waals surface area (Å²) in [6.07, 6.45) is 0. The van der Waals surface area contributed by atoms with Crippen molar-refractivity contribution in [1.82, 2.24) is 0 Å². The molecule has 1 heterocycles. The molecule has 0 aliphatic carbocycles. The molecule has 3 rings (SSSR count). The molecule has 0 saturated heterocycles. The van der Waals surface area contributed by atoms with Gasteiger partial charge in [-0.15, -0.1) is 11.8 Å². The molecule has 2 aromatic rings. The lowest BCUT2D eigenvalue weighted by molar-refractivity contribution is -0.115. The van der Waals surface area contributed by atoms with E-state index in [1.54, 1.807) is 30.3 Å². The van der Waals surface area contributed by atoms with Crippen LogP contribution in [0.3, 0.4) is 0 Å². The van der Waals surface area contributed by atoms with Crippen LogP contribution in [0.5, 0.6) is 11.5 Å². The summed E-state index contributed by atoms with van der Waals surface area (Å²) in [6.45, 7) is 2.90. The van der Waals surface area contributed by atoms with Gasteiger partial charge in [0.05, 0.1) is 17.9 Å². The Morgan fingerprint density at radius 1 is 1.11 bits per heavy atom. The minimum Gasteiger partial charge on any atom is -0.486 e. The summed E-state index contributed by atoms with van der Waals surface area (Å²) in [5.74, 6) is 1.56. The Hall–Kier alpha value is -2.67. The molecular weight excluding hydrogens is 366 g/mol. The van der Waals surface area contributed by atoms with E-state index in [1.807, 2.05) is 19.1 Å². The van der Waals surface area contributed by atoms with Crippen LogP contribution in [0.1, 0.15) is 22.8 Å². The van der Waals surface area contributed by atoms with Crippen molar-refractivity contribution in [3.05, 3.63) is 53.6 Å². The predicted octanol–water partition coefficient (Wildman–Crippen LogP) is 3.50. The molecule has 0 bridgehead atoms. The second-order valence-corrected chi connectivity index (χ2v) is 7.32. The smallest absolute Gasteiger partial charge is 0.337 e. The highest BCUT2D eigenvalue weighted by molar-refractivity contribution is 7.99. The highest BCUT2D eigenvalue weighted by Crippen LogP contribution is 2.32. The lowest BCUT2D eigenvalue weighted by Crippen LogP contribution is -2.23. The maximum Gasteiger partial charge on any atom is 0.337 e. The quantitative estimate of drug-likeness (QED) is 0.765. The highest BCUT2D eigenvalue weighted by Gasteiger charge is 2.16. The number of thioether (sulfide) groups is 1. The number of nitrogens with one attached hydrogen (secondary N) is 1. The molecule has 0 saturated carbocycles. The number of amides is 1. The van der Waals surface area contributed by atoms with Gasteiger partial charge in [0.1, 0.15) is 13.2 Å². The summed E-state index contributed by atoms with van der Waals surface area (Å²) in [4.78, 5) is 23.9. The SMILES string of the molecule is COC(=O)c1ccc(CS[C@@H](C)C(=O)Nc2ccc3c(c2)OCCO3)cc1. The minimum atomic E-state index is -0.360. The maximum absolute atomic E-state index is 12.4. The van der Waals surface area contributed by atoms with E-state index in [9.17, 15) is 9.59 Å². The first kappa shape index (κ1) is 19.1. The van der Waals surface area contributed by atoms with Crippen LogP contribution in [0.2, 0.25) is 0 Å². The van der Waals surface area contributed by atoms with Crippen molar-refractivity contribution in [2.75, 3.05) is 25.6 Å². The van der Waals surface area contributed by atoms with E-state index in [0.717, 1.165) is 5.56 Å². The van der Waals surface area contributed by atoms with E-state index < -0.39 is 0 Å². The van der Waals surface area contributed by atoms with Gasteiger partial charge in [0.2, 0.25) is 5.91 Å². The molecule has 0 radical (unpaired) electrons. The van der Waals surface area contributed by atoms with Gasteiger partial charge < -0.3 is 19.5 Å². The second-order valence-electron chi connectivity index (χ2n) is 5.99. The van der Waals surface area contributed by atoms with Gasteiger partial charge >= 0.3 is 5.97 Å². The Morgan fingerprint density at radius 2 is 1.81 bits per heavy atom. The fourth-order valence-corrected chi connectivity index (χ4v) is 3.36. The molecule has 0 spiro atoms. The molecule has 1 aliphatic heterocycles. The number of ether oxygens (including phenoxy) is 3. The zero-order valence-electron chi connectivity index (χ0n) is 15.2. The van der Waals surface area contributed by atoms with Crippen molar-refractivity contribution in [2.45, 2.75) is 17.9 Å². The average Bonchev–Trinajstić information content (AvgIpc) is 2.71. The number of carbonyl (C=O) groups excluding carboxylic acids is 2. The molecule has 2 aromatic carbocycles. The molecule has 0 aromatic heterocycles. The first-order valence-corrected chi connectivity index (χ1v) is 9.61. The molecule has 6 nitrogen and oxygen atoms in total. The molecule has 142 valence electrons. The normalized spacial score (nSPS) is 13.6. The van der Waals surface area contributed by atoms with Gasteiger partial charge in [-0.05, 0) is 36.8 Å². The van der Waals surface area contributed by atoms with E-state index in [1.165, 1.54) is 18.9 Å².